The molecule has 0 bridgehead atoms. The van der Waals surface area contributed by atoms with Gasteiger partial charge < -0.3 is 5.32 Å². The van der Waals surface area contributed by atoms with Gasteiger partial charge in [0.15, 0.2) is 0 Å². The largest absolute Gasteiger partial charge is 0.308 e. The van der Waals surface area contributed by atoms with E-state index in [4.69, 9.17) is 11.6 Å². The summed E-state index contributed by atoms with van der Waals surface area (Å²) >= 11 is 5.88. The van der Waals surface area contributed by atoms with Crippen molar-refractivity contribution in [2.24, 2.45) is 5.41 Å². The molecule has 0 saturated heterocycles. The van der Waals surface area contributed by atoms with Crippen LogP contribution in [0, 0.1) is 5.41 Å². The molecule has 0 atom stereocenters. The van der Waals surface area contributed by atoms with Crippen LogP contribution in [0.3, 0.4) is 0 Å². The molecule has 1 heterocycles. The third kappa shape index (κ3) is 2.34. The van der Waals surface area contributed by atoms with Crippen LogP contribution in [0.25, 0.3) is 5.69 Å². The van der Waals surface area contributed by atoms with E-state index in [0.717, 1.165) is 28.4 Å². The van der Waals surface area contributed by atoms with Crippen molar-refractivity contribution in [3.63, 3.8) is 0 Å². The molecule has 1 aromatic heterocycles. The maximum Gasteiger partial charge on any atom is 0.0969 e. The highest BCUT2D eigenvalue weighted by Gasteiger charge is 2.52. The Morgan fingerprint density at radius 3 is 2.70 bits per heavy atom. The molecule has 4 rings (SSSR count). The number of benzene rings is 1. The summed E-state index contributed by atoms with van der Waals surface area (Å²) in [6.45, 7) is 0.800. The molecule has 0 aliphatic heterocycles. The number of aromatic nitrogens is 3. The van der Waals surface area contributed by atoms with Crippen molar-refractivity contribution in [2.45, 2.75) is 38.3 Å². The number of hydrogen-bond acceptors (Lipinski definition) is 3. The summed E-state index contributed by atoms with van der Waals surface area (Å²) in [6.07, 6.45) is 7.40. The summed E-state index contributed by atoms with van der Waals surface area (Å²) in [7, 11) is 0. The van der Waals surface area contributed by atoms with Crippen molar-refractivity contribution in [3.8, 4) is 5.69 Å². The molecule has 20 heavy (non-hydrogen) atoms. The minimum atomic E-state index is 0.679. The van der Waals surface area contributed by atoms with Crippen LogP contribution >= 0.6 is 11.6 Å². The van der Waals surface area contributed by atoms with Crippen molar-refractivity contribution in [2.75, 3.05) is 0 Å². The molecule has 5 heteroatoms. The van der Waals surface area contributed by atoms with Gasteiger partial charge in [0.2, 0.25) is 0 Å². The lowest BCUT2D eigenvalue weighted by Crippen LogP contribution is -2.41. The van der Waals surface area contributed by atoms with Crippen molar-refractivity contribution >= 4 is 11.6 Å². The Morgan fingerprint density at radius 1 is 1.25 bits per heavy atom. The van der Waals surface area contributed by atoms with E-state index in [1.165, 1.54) is 25.7 Å². The first-order valence-corrected chi connectivity index (χ1v) is 7.51. The van der Waals surface area contributed by atoms with Crippen molar-refractivity contribution in [1.82, 2.24) is 20.3 Å². The van der Waals surface area contributed by atoms with Crippen LogP contribution in [0.2, 0.25) is 5.02 Å². The summed E-state index contributed by atoms with van der Waals surface area (Å²) in [5.74, 6) is 0. The molecule has 104 valence electrons. The average Bonchev–Trinajstić information content (AvgIpc) is 3.08. The van der Waals surface area contributed by atoms with Crippen LogP contribution in [0.4, 0.5) is 0 Å². The Balaban J connectivity index is 1.36. The van der Waals surface area contributed by atoms with Gasteiger partial charge in [0.25, 0.3) is 0 Å². The number of rotatable bonds is 4. The Hall–Kier alpha value is -1.39. The normalized spacial score (nSPS) is 20.1. The predicted octanol–water partition coefficient (Wildman–Crippen LogP) is 2.95. The Bertz CT molecular complexity index is 607. The minimum Gasteiger partial charge on any atom is -0.308 e. The maximum atomic E-state index is 5.88. The summed E-state index contributed by atoms with van der Waals surface area (Å²) in [4.78, 5) is 1.65. The molecular formula is C15H17ClN4. The highest BCUT2D eigenvalue weighted by Crippen LogP contribution is 2.60. The highest BCUT2D eigenvalue weighted by molar-refractivity contribution is 6.30. The Labute approximate surface area is 123 Å². The maximum absolute atomic E-state index is 5.88. The van der Waals surface area contributed by atoms with Crippen molar-refractivity contribution in [3.05, 3.63) is 41.2 Å². The topological polar surface area (TPSA) is 42.7 Å². The molecule has 2 aliphatic carbocycles. The van der Waals surface area contributed by atoms with Crippen LogP contribution in [0.15, 0.2) is 30.5 Å². The summed E-state index contributed by atoms with van der Waals surface area (Å²) in [5.41, 5.74) is 2.66. The Morgan fingerprint density at radius 2 is 2.00 bits per heavy atom. The molecule has 2 aromatic rings. The quantitative estimate of drug-likeness (QED) is 0.940. The summed E-state index contributed by atoms with van der Waals surface area (Å²) < 4.78 is 0. The average molecular weight is 289 g/mol. The lowest BCUT2D eigenvalue weighted by molar-refractivity contribution is 0.197. The SMILES string of the molecule is Clc1ccc(-n2ncc(CNC3CC4(CC4)C3)n2)cc1. The molecule has 2 fully saturated rings. The smallest absolute Gasteiger partial charge is 0.0969 e. The highest BCUT2D eigenvalue weighted by atomic mass is 35.5. The fourth-order valence-corrected chi connectivity index (χ4v) is 3.16. The van der Waals surface area contributed by atoms with E-state index >= 15 is 0 Å². The van der Waals surface area contributed by atoms with Crippen LogP contribution in [0.1, 0.15) is 31.4 Å². The van der Waals surface area contributed by atoms with Gasteiger partial charge >= 0.3 is 0 Å². The van der Waals surface area contributed by atoms with Gasteiger partial charge in [-0.1, -0.05) is 11.6 Å². The zero-order chi connectivity index (χ0) is 13.6. The predicted molar refractivity (Wildman–Crippen MR) is 77.9 cm³/mol. The van der Waals surface area contributed by atoms with E-state index in [-0.39, 0.29) is 0 Å². The van der Waals surface area contributed by atoms with Crippen LogP contribution in [0.5, 0.6) is 0 Å². The first-order valence-electron chi connectivity index (χ1n) is 7.13. The molecule has 0 radical (unpaired) electrons. The number of nitrogens with one attached hydrogen (secondary N) is 1. The molecule has 1 spiro atoms. The lowest BCUT2D eigenvalue weighted by Gasteiger charge is -2.36. The number of halogens is 1. The molecule has 2 aliphatic rings. The van der Waals surface area contributed by atoms with Crippen molar-refractivity contribution in [1.29, 1.82) is 0 Å². The standard InChI is InChI=1S/C15H17ClN4/c16-11-1-3-14(4-2-11)20-18-10-13(19-20)9-17-12-7-15(8-12)5-6-15/h1-4,10,12,17H,5-9H2. The molecule has 2 saturated carbocycles. The molecule has 4 nitrogen and oxygen atoms in total. The summed E-state index contributed by atoms with van der Waals surface area (Å²) in [5, 5.41) is 13.1. The second-order valence-electron chi connectivity index (χ2n) is 6.09. The first-order chi connectivity index (χ1) is 9.72. The van der Waals surface area contributed by atoms with Gasteiger partial charge in [-0.25, -0.2) is 0 Å². The third-order valence-electron chi connectivity index (χ3n) is 4.48. The van der Waals surface area contributed by atoms with Crippen molar-refractivity contribution < 1.29 is 0 Å². The van der Waals surface area contributed by atoms with Gasteiger partial charge in [-0.2, -0.15) is 15.0 Å². The van der Waals surface area contributed by atoms with Crippen LogP contribution in [-0.4, -0.2) is 21.0 Å². The molecule has 1 N–H and O–H groups in total. The Kier molecular flexibility index (Phi) is 2.82. The lowest BCUT2D eigenvalue weighted by atomic mass is 9.77. The van der Waals surface area contributed by atoms with Gasteiger partial charge in [0.1, 0.15) is 0 Å². The first kappa shape index (κ1) is 12.4. The van der Waals surface area contributed by atoms with Gasteiger partial charge in [0.05, 0.1) is 17.6 Å². The van der Waals surface area contributed by atoms with E-state index in [2.05, 4.69) is 15.5 Å². The molecule has 1 aromatic carbocycles. The zero-order valence-electron chi connectivity index (χ0n) is 11.2. The zero-order valence-corrected chi connectivity index (χ0v) is 12.0. The van der Waals surface area contributed by atoms with E-state index in [9.17, 15) is 0 Å². The molecule has 0 unspecified atom stereocenters. The van der Waals surface area contributed by atoms with Gasteiger partial charge in [-0.15, -0.1) is 0 Å². The van der Waals surface area contributed by atoms with Crippen LogP contribution in [-0.2, 0) is 6.54 Å². The fourth-order valence-electron chi connectivity index (χ4n) is 3.04. The fraction of sp³-hybridized carbons (Fsp3) is 0.467. The van der Waals surface area contributed by atoms with Gasteiger partial charge in [0, 0.05) is 17.6 Å². The van der Waals surface area contributed by atoms with Crippen LogP contribution < -0.4 is 5.32 Å². The molecular weight excluding hydrogens is 272 g/mol. The third-order valence-corrected chi connectivity index (χ3v) is 4.74. The van der Waals surface area contributed by atoms with Gasteiger partial charge in [-0.3, -0.25) is 0 Å². The second kappa shape index (κ2) is 4.57. The van der Waals surface area contributed by atoms with Gasteiger partial charge in [-0.05, 0) is 55.4 Å². The van der Waals surface area contributed by atoms with E-state index < -0.39 is 0 Å². The monoisotopic (exact) mass is 288 g/mol. The van der Waals surface area contributed by atoms with E-state index in [0.29, 0.717) is 6.04 Å². The molecule has 0 amide bonds. The minimum absolute atomic E-state index is 0.679. The number of nitrogens with zero attached hydrogens (tertiary/aromatic N) is 3. The van der Waals surface area contributed by atoms with E-state index in [1.807, 2.05) is 30.5 Å². The number of hydrogen-bond donors (Lipinski definition) is 1. The summed E-state index contributed by atoms with van der Waals surface area (Å²) in [6, 6.07) is 8.21. The second-order valence-corrected chi connectivity index (χ2v) is 6.52. The van der Waals surface area contributed by atoms with E-state index in [1.54, 1.807) is 4.80 Å².